The van der Waals surface area contributed by atoms with Crippen LogP contribution in [0.5, 0.6) is 0 Å². The second-order valence-corrected chi connectivity index (χ2v) is 3.16. The normalized spacial score (nSPS) is 15.8. The van der Waals surface area contributed by atoms with Crippen LogP contribution in [0.2, 0.25) is 0 Å². The van der Waals surface area contributed by atoms with E-state index >= 15 is 0 Å². The second-order valence-electron chi connectivity index (χ2n) is 3.16. The summed E-state index contributed by atoms with van der Waals surface area (Å²) in [6, 6.07) is 4.65. The van der Waals surface area contributed by atoms with Crippen molar-refractivity contribution < 1.29 is 4.42 Å². The highest BCUT2D eigenvalue weighted by Gasteiger charge is 2.09. The van der Waals surface area contributed by atoms with Crippen molar-refractivity contribution in [3.63, 3.8) is 0 Å². The largest absolute Gasteiger partial charge is 0.431 e. The van der Waals surface area contributed by atoms with Gasteiger partial charge in [0.15, 0.2) is 0 Å². The molecule has 2 heteroatoms. The van der Waals surface area contributed by atoms with Gasteiger partial charge < -0.3 is 4.42 Å². The average Bonchev–Trinajstić information content (AvgIpc) is 2.04. The molecule has 0 aromatic carbocycles. The molecule has 0 bridgehead atoms. The van der Waals surface area contributed by atoms with Crippen LogP contribution in [0, 0.1) is 5.92 Å². The first-order chi connectivity index (χ1) is 5.79. The van der Waals surface area contributed by atoms with E-state index in [1.807, 2.05) is 0 Å². The third-order valence-corrected chi connectivity index (χ3v) is 2.00. The van der Waals surface area contributed by atoms with Crippen LogP contribution in [0.15, 0.2) is 33.7 Å². The van der Waals surface area contributed by atoms with Gasteiger partial charge in [-0.2, -0.15) is 0 Å². The molecule has 0 spiro atoms. The molecule has 1 fully saturated rings. The maximum atomic E-state index is 10.1. The zero-order chi connectivity index (χ0) is 8.81. The molecule has 1 heterocycles. The molecule has 12 heavy (non-hydrogen) atoms. The van der Waals surface area contributed by atoms with E-state index in [1.54, 1.807) is 12.1 Å². The fourth-order valence-corrected chi connectivity index (χ4v) is 0.937. The molecule has 0 saturated heterocycles. The van der Waals surface area contributed by atoms with Crippen molar-refractivity contribution in [1.29, 1.82) is 0 Å². The lowest BCUT2D eigenvalue weighted by molar-refractivity contribution is 0.346. The standard InChI is InChI=1S/C5H4O2.C5H10/c6-5-3-1-2-4-7-5;1-5-3-2-4-5/h1-4H;5H,2-4H2,1H3. The smallest absolute Gasteiger partial charge is 0.335 e. The zero-order valence-corrected chi connectivity index (χ0v) is 7.32. The highest BCUT2D eigenvalue weighted by atomic mass is 16.4. The highest BCUT2D eigenvalue weighted by molar-refractivity contribution is 4.85. The minimum absolute atomic E-state index is 0.303. The molecule has 2 nitrogen and oxygen atoms in total. The molecule has 66 valence electrons. The average molecular weight is 166 g/mol. The van der Waals surface area contributed by atoms with Crippen LogP contribution in [-0.2, 0) is 0 Å². The van der Waals surface area contributed by atoms with E-state index in [1.165, 1.54) is 31.6 Å². The summed E-state index contributed by atoms with van der Waals surface area (Å²) in [7, 11) is 0. The fraction of sp³-hybridized carbons (Fsp3) is 0.500. The fourth-order valence-electron chi connectivity index (χ4n) is 0.937. The second kappa shape index (κ2) is 4.75. The lowest BCUT2D eigenvalue weighted by Gasteiger charge is -2.18. The molecule has 1 aromatic rings. The number of rotatable bonds is 0. The van der Waals surface area contributed by atoms with Crippen LogP contribution < -0.4 is 5.63 Å². The van der Waals surface area contributed by atoms with E-state index in [0.29, 0.717) is 0 Å². The molecular weight excluding hydrogens is 152 g/mol. The predicted octanol–water partition coefficient (Wildman–Crippen LogP) is 2.45. The van der Waals surface area contributed by atoms with E-state index in [9.17, 15) is 4.79 Å². The van der Waals surface area contributed by atoms with Gasteiger partial charge in [0.2, 0.25) is 0 Å². The molecule has 0 radical (unpaired) electrons. The van der Waals surface area contributed by atoms with Gasteiger partial charge in [-0.3, -0.25) is 0 Å². The van der Waals surface area contributed by atoms with Crippen molar-refractivity contribution in [2.75, 3.05) is 0 Å². The molecule has 0 atom stereocenters. The molecule has 0 amide bonds. The Morgan fingerprint density at radius 3 is 2.25 bits per heavy atom. The van der Waals surface area contributed by atoms with Crippen LogP contribution in [0.25, 0.3) is 0 Å². The van der Waals surface area contributed by atoms with Gasteiger partial charge in [0, 0.05) is 6.07 Å². The summed E-state index contributed by atoms with van der Waals surface area (Å²) in [4.78, 5) is 10.1. The van der Waals surface area contributed by atoms with Gasteiger partial charge in [-0.15, -0.1) is 0 Å². The number of hydrogen-bond acceptors (Lipinski definition) is 2. The maximum Gasteiger partial charge on any atom is 0.335 e. The molecule has 0 unspecified atom stereocenters. The Bertz CT molecular complexity index is 243. The van der Waals surface area contributed by atoms with Crippen LogP contribution in [0.3, 0.4) is 0 Å². The summed E-state index contributed by atoms with van der Waals surface area (Å²) >= 11 is 0. The van der Waals surface area contributed by atoms with Gasteiger partial charge in [0.1, 0.15) is 0 Å². The third kappa shape index (κ3) is 3.37. The summed E-state index contributed by atoms with van der Waals surface area (Å²) in [5.74, 6) is 1.06. The van der Waals surface area contributed by atoms with Crippen molar-refractivity contribution in [2.45, 2.75) is 26.2 Å². The predicted molar refractivity (Wildman–Crippen MR) is 48.0 cm³/mol. The molecule has 1 aromatic heterocycles. The molecule has 1 aliphatic rings. The van der Waals surface area contributed by atoms with Crippen molar-refractivity contribution in [1.82, 2.24) is 0 Å². The van der Waals surface area contributed by atoms with E-state index < -0.39 is 0 Å². The van der Waals surface area contributed by atoms with Gasteiger partial charge in [-0.05, 0) is 12.0 Å². The maximum absolute atomic E-state index is 10.1. The number of hydrogen-bond donors (Lipinski definition) is 0. The molecule has 1 aliphatic carbocycles. The molecule has 1 saturated carbocycles. The summed E-state index contributed by atoms with van der Waals surface area (Å²) in [6.45, 7) is 2.31. The first kappa shape index (κ1) is 9.04. The minimum atomic E-state index is -0.303. The summed E-state index contributed by atoms with van der Waals surface area (Å²) in [5.41, 5.74) is -0.303. The van der Waals surface area contributed by atoms with E-state index in [-0.39, 0.29) is 5.63 Å². The van der Waals surface area contributed by atoms with E-state index in [0.717, 1.165) is 5.92 Å². The molecule has 0 N–H and O–H groups in total. The quantitative estimate of drug-likeness (QED) is 0.592. The lowest BCUT2D eigenvalue weighted by atomic mass is 9.88. The summed E-state index contributed by atoms with van der Waals surface area (Å²) in [5, 5.41) is 0. The van der Waals surface area contributed by atoms with Crippen LogP contribution in [0.1, 0.15) is 26.2 Å². The Labute approximate surface area is 72.2 Å². The zero-order valence-electron chi connectivity index (χ0n) is 7.32. The molecule has 0 aliphatic heterocycles. The summed E-state index contributed by atoms with van der Waals surface area (Å²) in [6.07, 6.45) is 5.81. The molecule has 2 rings (SSSR count). The Morgan fingerprint density at radius 2 is 2.08 bits per heavy atom. The van der Waals surface area contributed by atoms with Crippen molar-refractivity contribution in [3.8, 4) is 0 Å². The van der Waals surface area contributed by atoms with Crippen molar-refractivity contribution in [2.24, 2.45) is 5.92 Å². The van der Waals surface area contributed by atoms with Crippen LogP contribution >= 0.6 is 0 Å². The van der Waals surface area contributed by atoms with Crippen molar-refractivity contribution >= 4 is 0 Å². The monoisotopic (exact) mass is 166 g/mol. The Balaban J connectivity index is 0.000000127. The lowest BCUT2D eigenvalue weighted by Crippen LogP contribution is -2.04. The highest BCUT2D eigenvalue weighted by Crippen LogP contribution is 2.24. The van der Waals surface area contributed by atoms with Gasteiger partial charge in [0.25, 0.3) is 0 Å². The summed E-state index contributed by atoms with van der Waals surface area (Å²) < 4.78 is 4.37. The Kier molecular flexibility index (Phi) is 3.58. The Morgan fingerprint density at radius 1 is 1.42 bits per heavy atom. The molecular formula is C10H14O2. The van der Waals surface area contributed by atoms with Gasteiger partial charge >= 0.3 is 5.63 Å². The van der Waals surface area contributed by atoms with Crippen LogP contribution in [0.4, 0.5) is 0 Å². The SMILES string of the molecule is CC1CCC1.O=c1cccco1. The first-order valence-electron chi connectivity index (χ1n) is 4.33. The van der Waals surface area contributed by atoms with Crippen LogP contribution in [-0.4, -0.2) is 0 Å². The Hall–Kier alpha value is -1.05. The minimum Gasteiger partial charge on any atom is -0.431 e. The van der Waals surface area contributed by atoms with Gasteiger partial charge in [0.05, 0.1) is 6.26 Å². The van der Waals surface area contributed by atoms with Crippen molar-refractivity contribution in [3.05, 3.63) is 34.9 Å². The van der Waals surface area contributed by atoms with Gasteiger partial charge in [-0.25, -0.2) is 4.79 Å². The van der Waals surface area contributed by atoms with E-state index in [4.69, 9.17) is 0 Å². The topological polar surface area (TPSA) is 30.2 Å². The van der Waals surface area contributed by atoms with Gasteiger partial charge in [-0.1, -0.05) is 32.3 Å². The van der Waals surface area contributed by atoms with E-state index in [2.05, 4.69) is 11.3 Å². The first-order valence-corrected chi connectivity index (χ1v) is 4.33. The third-order valence-electron chi connectivity index (χ3n) is 2.00.